The summed E-state index contributed by atoms with van der Waals surface area (Å²) in [5.74, 6) is 0.159. The lowest BCUT2D eigenvalue weighted by molar-refractivity contribution is -0.125. The van der Waals surface area contributed by atoms with Gasteiger partial charge in [0.2, 0.25) is 5.91 Å². The lowest BCUT2D eigenvalue weighted by Crippen LogP contribution is -2.38. The summed E-state index contributed by atoms with van der Waals surface area (Å²) in [4.78, 5) is 25.1. The Bertz CT molecular complexity index is 888. The fourth-order valence-corrected chi connectivity index (χ4v) is 4.38. The molecule has 1 aromatic carbocycles. The number of fused-ring (bicyclic) bond motifs is 1. The zero-order chi connectivity index (χ0) is 19.0. The number of carbonyl (C=O) groups excluding carboxylic acids is 2. The SMILES string of the molecule is CC(=O)c1ccc(-c2cc(F)cc3c2O[C@@H](CNC(=O)[C@H]2CCOC2)C3)s1. The van der Waals surface area contributed by atoms with Gasteiger partial charge in [0.05, 0.1) is 23.9 Å². The number of ketones is 1. The molecule has 3 heterocycles. The summed E-state index contributed by atoms with van der Waals surface area (Å²) in [5, 5.41) is 2.91. The lowest BCUT2D eigenvalue weighted by Gasteiger charge is -2.15. The molecule has 0 spiro atoms. The molecule has 0 bridgehead atoms. The molecule has 0 aliphatic carbocycles. The van der Waals surface area contributed by atoms with Crippen LogP contribution in [0.3, 0.4) is 0 Å². The molecule has 0 saturated carbocycles. The molecular weight excluding hydrogens is 369 g/mol. The van der Waals surface area contributed by atoms with E-state index in [0.29, 0.717) is 42.4 Å². The largest absolute Gasteiger partial charge is 0.487 e. The van der Waals surface area contributed by atoms with Gasteiger partial charge in [-0.3, -0.25) is 9.59 Å². The topological polar surface area (TPSA) is 64.6 Å². The summed E-state index contributed by atoms with van der Waals surface area (Å²) in [6.45, 7) is 2.96. The Kier molecular flexibility index (Phi) is 4.97. The van der Waals surface area contributed by atoms with Crippen LogP contribution in [-0.4, -0.2) is 37.6 Å². The van der Waals surface area contributed by atoms with E-state index in [-0.39, 0.29) is 29.5 Å². The highest BCUT2D eigenvalue weighted by Gasteiger charge is 2.29. The Morgan fingerprint density at radius 2 is 2.19 bits per heavy atom. The van der Waals surface area contributed by atoms with Gasteiger partial charge in [0, 0.05) is 29.0 Å². The van der Waals surface area contributed by atoms with Crippen LogP contribution in [0.2, 0.25) is 0 Å². The van der Waals surface area contributed by atoms with Crippen molar-refractivity contribution in [2.75, 3.05) is 19.8 Å². The Hall–Kier alpha value is -2.25. The van der Waals surface area contributed by atoms with Crippen molar-refractivity contribution in [1.29, 1.82) is 0 Å². The van der Waals surface area contributed by atoms with Gasteiger partial charge in [0.1, 0.15) is 17.7 Å². The maximum atomic E-state index is 14.1. The lowest BCUT2D eigenvalue weighted by atomic mass is 10.0. The molecule has 142 valence electrons. The number of thiophene rings is 1. The van der Waals surface area contributed by atoms with Gasteiger partial charge in [-0.05, 0) is 37.6 Å². The quantitative estimate of drug-likeness (QED) is 0.798. The fraction of sp³-hybridized carbons (Fsp3) is 0.400. The molecule has 2 aromatic rings. The van der Waals surface area contributed by atoms with Gasteiger partial charge in [0.25, 0.3) is 0 Å². The number of carbonyl (C=O) groups is 2. The van der Waals surface area contributed by atoms with Crippen molar-refractivity contribution >= 4 is 23.0 Å². The zero-order valence-corrected chi connectivity index (χ0v) is 15.7. The molecule has 1 N–H and O–H groups in total. The highest BCUT2D eigenvalue weighted by molar-refractivity contribution is 7.17. The van der Waals surface area contributed by atoms with Crippen molar-refractivity contribution in [3.8, 4) is 16.2 Å². The van der Waals surface area contributed by atoms with Gasteiger partial charge in [0.15, 0.2) is 5.78 Å². The molecule has 5 nitrogen and oxygen atoms in total. The van der Waals surface area contributed by atoms with Gasteiger partial charge < -0.3 is 14.8 Å². The maximum absolute atomic E-state index is 14.1. The molecule has 1 aromatic heterocycles. The van der Waals surface area contributed by atoms with Gasteiger partial charge >= 0.3 is 0 Å². The van der Waals surface area contributed by atoms with E-state index in [2.05, 4.69) is 5.32 Å². The molecule has 7 heteroatoms. The summed E-state index contributed by atoms with van der Waals surface area (Å²) in [5.41, 5.74) is 1.44. The average Bonchev–Trinajstić information content (AvgIpc) is 3.38. The van der Waals surface area contributed by atoms with Crippen LogP contribution in [0.1, 0.15) is 28.6 Å². The maximum Gasteiger partial charge on any atom is 0.225 e. The highest BCUT2D eigenvalue weighted by atomic mass is 32.1. The van der Waals surface area contributed by atoms with Gasteiger partial charge in [-0.1, -0.05) is 0 Å². The third-order valence-corrected chi connectivity index (χ3v) is 6.10. The predicted molar refractivity (Wildman–Crippen MR) is 99.8 cm³/mol. The van der Waals surface area contributed by atoms with E-state index in [4.69, 9.17) is 9.47 Å². The normalized spacial score (nSPS) is 21.0. The first-order chi connectivity index (χ1) is 13.0. The van der Waals surface area contributed by atoms with Crippen LogP contribution in [0.4, 0.5) is 4.39 Å². The van der Waals surface area contributed by atoms with Crippen LogP contribution in [-0.2, 0) is 16.0 Å². The first kappa shape index (κ1) is 18.1. The molecule has 1 saturated heterocycles. The monoisotopic (exact) mass is 389 g/mol. The molecule has 4 rings (SSSR count). The van der Waals surface area contributed by atoms with Crippen LogP contribution in [0.25, 0.3) is 10.4 Å². The summed E-state index contributed by atoms with van der Waals surface area (Å²) in [7, 11) is 0. The molecule has 1 fully saturated rings. The van der Waals surface area contributed by atoms with Crippen molar-refractivity contribution in [3.05, 3.63) is 40.5 Å². The standard InChI is InChI=1S/C20H20FNO4S/c1-11(23)17-2-3-18(27-17)16-8-14(21)6-13-7-15(26-19(13)16)9-22-20(24)12-4-5-25-10-12/h2-3,6,8,12,15H,4-5,7,9-10H2,1H3,(H,22,24)/t12-,15+/m0/s1. The average molecular weight is 389 g/mol. The second-order valence-corrected chi connectivity index (χ2v) is 8.00. The number of hydrogen-bond donors (Lipinski definition) is 1. The Balaban J connectivity index is 1.49. The van der Waals surface area contributed by atoms with Crippen molar-refractivity contribution in [2.45, 2.75) is 25.9 Å². The van der Waals surface area contributed by atoms with E-state index in [1.807, 2.05) is 6.07 Å². The molecule has 2 aliphatic heterocycles. The number of hydrogen-bond acceptors (Lipinski definition) is 5. The molecule has 0 unspecified atom stereocenters. The molecular formula is C20H20FNO4S. The van der Waals surface area contributed by atoms with Crippen molar-refractivity contribution in [3.63, 3.8) is 0 Å². The van der Waals surface area contributed by atoms with Gasteiger partial charge in [-0.2, -0.15) is 0 Å². The summed E-state index contributed by atoms with van der Waals surface area (Å²) < 4.78 is 25.4. The van der Waals surface area contributed by atoms with Crippen LogP contribution in [0.15, 0.2) is 24.3 Å². The van der Waals surface area contributed by atoms with Gasteiger partial charge in [-0.25, -0.2) is 4.39 Å². The summed E-state index contributed by atoms with van der Waals surface area (Å²) in [6.07, 6.45) is 1.04. The number of amides is 1. The second kappa shape index (κ2) is 7.40. The summed E-state index contributed by atoms with van der Waals surface area (Å²) in [6, 6.07) is 6.47. The minimum Gasteiger partial charge on any atom is -0.487 e. The number of Topliss-reactive ketones (excluding diaryl/α,β-unsaturated/α-hetero) is 1. The van der Waals surface area contributed by atoms with E-state index in [9.17, 15) is 14.0 Å². The number of rotatable bonds is 5. The fourth-order valence-electron chi connectivity index (χ4n) is 3.46. The number of ether oxygens (including phenoxy) is 2. The first-order valence-electron chi connectivity index (χ1n) is 8.97. The summed E-state index contributed by atoms with van der Waals surface area (Å²) >= 11 is 1.33. The minimum absolute atomic E-state index is 0.0169. The third kappa shape index (κ3) is 3.75. The van der Waals surface area contributed by atoms with Crippen LogP contribution < -0.4 is 10.1 Å². The van der Waals surface area contributed by atoms with Crippen molar-refractivity contribution < 1.29 is 23.5 Å². The number of nitrogens with one attached hydrogen (secondary N) is 1. The Morgan fingerprint density at radius 1 is 1.33 bits per heavy atom. The van der Waals surface area contributed by atoms with E-state index in [1.165, 1.54) is 30.4 Å². The number of benzene rings is 1. The predicted octanol–water partition coefficient (Wildman–Crippen LogP) is 3.21. The van der Waals surface area contributed by atoms with Crippen LogP contribution in [0, 0.1) is 11.7 Å². The van der Waals surface area contributed by atoms with Crippen LogP contribution >= 0.6 is 11.3 Å². The van der Waals surface area contributed by atoms with E-state index in [1.54, 1.807) is 6.07 Å². The highest BCUT2D eigenvalue weighted by Crippen LogP contribution is 2.42. The third-order valence-electron chi connectivity index (χ3n) is 4.89. The van der Waals surface area contributed by atoms with Crippen molar-refractivity contribution in [2.24, 2.45) is 5.92 Å². The molecule has 1 amide bonds. The van der Waals surface area contributed by atoms with Crippen molar-refractivity contribution in [1.82, 2.24) is 5.32 Å². The molecule has 27 heavy (non-hydrogen) atoms. The first-order valence-corrected chi connectivity index (χ1v) is 9.78. The smallest absolute Gasteiger partial charge is 0.225 e. The van der Waals surface area contributed by atoms with E-state index in [0.717, 1.165) is 16.9 Å². The second-order valence-electron chi connectivity index (χ2n) is 6.91. The molecule has 0 radical (unpaired) electrons. The Labute approximate surface area is 160 Å². The van der Waals surface area contributed by atoms with E-state index < -0.39 is 0 Å². The van der Waals surface area contributed by atoms with Gasteiger partial charge in [-0.15, -0.1) is 11.3 Å². The van der Waals surface area contributed by atoms with Crippen LogP contribution in [0.5, 0.6) is 5.75 Å². The number of halogens is 1. The molecule has 2 atom stereocenters. The van der Waals surface area contributed by atoms with E-state index >= 15 is 0 Å². The Morgan fingerprint density at radius 3 is 2.89 bits per heavy atom. The zero-order valence-electron chi connectivity index (χ0n) is 14.9. The minimum atomic E-state index is -0.335. The molecule has 2 aliphatic rings.